The minimum Gasteiger partial charge on any atom is -0.497 e. The Morgan fingerprint density at radius 1 is 1.00 bits per heavy atom. The molecule has 2 amide bonds. The Balaban J connectivity index is 1.86. The van der Waals surface area contributed by atoms with Crippen LogP contribution in [0.4, 0.5) is 0 Å². The molecular formula is C26H31N3O5S. The summed E-state index contributed by atoms with van der Waals surface area (Å²) in [5.74, 6) is -0.108. The molecule has 0 saturated heterocycles. The second kappa shape index (κ2) is 11.3. The molecule has 0 bridgehead atoms. The summed E-state index contributed by atoms with van der Waals surface area (Å²) < 4.78 is 32.7. The van der Waals surface area contributed by atoms with E-state index in [-0.39, 0.29) is 17.3 Å². The highest BCUT2D eigenvalue weighted by Crippen LogP contribution is 2.22. The summed E-state index contributed by atoms with van der Waals surface area (Å²) in [6, 6.07) is 18.8. The zero-order chi connectivity index (χ0) is 25.6. The quantitative estimate of drug-likeness (QED) is 0.465. The van der Waals surface area contributed by atoms with Gasteiger partial charge in [-0.3, -0.25) is 9.59 Å². The lowest BCUT2D eigenvalue weighted by Gasteiger charge is -2.31. The number of carbonyl (C=O) groups excluding carboxylic acids is 2. The van der Waals surface area contributed by atoms with Crippen molar-refractivity contribution in [3.8, 4) is 5.75 Å². The van der Waals surface area contributed by atoms with Gasteiger partial charge in [0.1, 0.15) is 11.8 Å². The molecule has 0 spiro atoms. The molecule has 3 aromatic rings. The first kappa shape index (κ1) is 26.2. The fourth-order valence-corrected chi connectivity index (χ4v) is 5.04. The van der Waals surface area contributed by atoms with E-state index in [4.69, 9.17) is 4.74 Å². The van der Waals surface area contributed by atoms with Crippen molar-refractivity contribution in [2.45, 2.75) is 30.8 Å². The molecule has 3 aromatic carbocycles. The fraction of sp³-hybridized carbons (Fsp3) is 0.308. The predicted molar refractivity (Wildman–Crippen MR) is 135 cm³/mol. The standard InChI is InChI=1S/C26H31N3O5S/c1-5-24(26(31)27-2)29(17-19-10-13-22(34-4)14-11-19)25(30)18-28(3)35(32,33)23-15-12-20-8-6-7-9-21(20)16-23/h6-16,24H,5,17-18H2,1-4H3,(H,27,31). The maximum absolute atomic E-state index is 13.4. The van der Waals surface area contributed by atoms with Gasteiger partial charge in [0.25, 0.3) is 0 Å². The largest absolute Gasteiger partial charge is 0.497 e. The molecule has 0 heterocycles. The molecule has 0 radical (unpaired) electrons. The van der Waals surface area contributed by atoms with Crippen LogP contribution in [0, 0.1) is 0 Å². The molecule has 3 rings (SSSR count). The molecule has 9 heteroatoms. The molecule has 0 aromatic heterocycles. The van der Waals surface area contributed by atoms with Gasteiger partial charge in [0.05, 0.1) is 18.6 Å². The van der Waals surface area contributed by atoms with E-state index in [0.717, 1.165) is 20.6 Å². The van der Waals surface area contributed by atoms with Gasteiger partial charge in [0, 0.05) is 20.6 Å². The Morgan fingerprint density at radius 3 is 2.26 bits per heavy atom. The summed E-state index contributed by atoms with van der Waals surface area (Å²) in [4.78, 5) is 27.5. The zero-order valence-electron chi connectivity index (χ0n) is 20.4. The van der Waals surface area contributed by atoms with E-state index in [1.807, 2.05) is 43.3 Å². The van der Waals surface area contributed by atoms with Gasteiger partial charge in [0.2, 0.25) is 21.8 Å². The molecule has 1 atom stereocenters. The van der Waals surface area contributed by atoms with Gasteiger partial charge in [-0.2, -0.15) is 4.31 Å². The Bertz CT molecular complexity index is 1290. The van der Waals surface area contributed by atoms with Crippen LogP contribution < -0.4 is 10.1 Å². The lowest BCUT2D eigenvalue weighted by Crippen LogP contribution is -2.51. The van der Waals surface area contributed by atoms with Crippen LogP contribution in [0.1, 0.15) is 18.9 Å². The third kappa shape index (κ3) is 5.98. The Hall–Kier alpha value is -3.43. The van der Waals surface area contributed by atoms with Crippen LogP contribution in [0.2, 0.25) is 0 Å². The molecule has 35 heavy (non-hydrogen) atoms. The number of benzene rings is 3. The van der Waals surface area contributed by atoms with Crippen molar-refractivity contribution < 1.29 is 22.7 Å². The minimum absolute atomic E-state index is 0.103. The molecule has 0 aliphatic heterocycles. The summed E-state index contributed by atoms with van der Waals surface area (Å²) >= 11 is 0. The molecular weight excluding hydrogens is 466 g/mol. The van der Waals surface area contributed by atoms with E-state index in [0.29, 0.717) is 12.2 Å². The van der Waals surface area contributed by atoms with Crippen LogP contribution in [-0.4, -0.2) is 63.2 Å². The van der Waals surface area contributed by atoms with Crippen LogP contribution in [0.25, 0.3) is 10.8 Å². The van der Waals surface area contributed by atoms with E-state index in [2.05, 4.69) is 5.32 Å². The normalized spacial score (nSPS) is 12.4. The molecule has 8 nitrogen and oxygen atoms in total. The maximum Gasteiger partial charge on any atom is 0.243 e. The number of methoxy groups -OCH3 is 1. The van der Waals surface area contributed by atoms with Crippen molar-refractivity contribution in [2.75, 3.05) is 27.7 Å². The number of amides is 2. The monoisotopic (exact) mass is 497 g/mol. The number of hydrogen-bond donors (Lipinski definition) is 1. The van der Waals surface area contributed by atoms with Crippen molar-refractivity contribution in [1.82, 2.24) is 14.5 Å². The summed E-state index contributed by atoms with van der Waals surface area (Å²) in [7, 11) is 0.516. The van der Waals surface area contributed by atoms with Gasteiger partial charge in [-0.05, 0) is 47.0 Å². The van der Waals surface area contributed by atoms with E-state index in [1.54, 1.807) is 31.4 Å². The molecule has 0 aliphatic rings. The van der Waals surface area contributed by atoms with Crippen LogP contribution in [0.5, 0.6) is 5.75 Å². The molecule has 0 aliphatic carbocycles. The maximum atomic E-state index is 13.4. The van der Waals surface area contributed by atoms with Crippen molar-refractivity contribution in [1.29, 1.82) is 0 Å². The SMILES string of the molecule is CCC(C(=O)NC)N(Cc1ccc(OC)cc1)C(=O)CN(C)S(=O)(=O)c1ccc2ccccc2c1. The zero-order valence-corrected chi connectivity index (χ0v) is 21.2. The predicted octanol–water partition coefficient (Wildman–Crippen LogP) is 3.02. The van der Waals surface area contributed by atoms with Crippen molar-refractivity contribution in [3.05, 3.63) is 72.3 Å². The number of nitrogens with one attached hydrogen (secondary N) is 1. The molecule has 1 N–H and O–H groups in total. The number of fused-ring (bicyclic) bond motifs is 1. The van der Waals surface area contributed by atoms with Crippen molar-refractivity contribution in [2.24, 2.45) is 0 Å². The second-order valence-electron chi connectivity index (χ2n) is 8.18. The Morgan fingerprint density at radius 2 is 1.66 bits per heavy atom. The first-order chi connectivity index (χ1) is 16.7. The van der Waals surface area contributed by atoms with Gasteiger partial charge in [-0.15, -0.1) is 0 Å². The van der Waals surface area contributed by atoms with Crippen LogP contribution in [-0.2, 0) is 26.2 Å². The number of carbonyl (C=O) groups is 2. The minimum atomic E-state index is -3.93. The van der Waals surface area contributed by atoms with E-state index >= 15 is 0 Å². The van der Waals surface area contributed by atoms with Gasteiger partial charge < -0.3 is 15.0 Å². The molecule has 0 saturated carbocycles. The second-order valence-corrected chi connectivity index (χ2v) is 10.2. The highest BCUT2D eigenvalue weighted by Gasteiger charge is 2.31. The highest BCUT2D eigenvalue weighted by molar-refractivity contribution is 7.89. The molecule has 186 valence electrons. The van der Waals surface area contributed by atoms with Gasteiger partial charge >= 0.3 is 0 Å². The summed E-state index contributed by atoms with van der Waals surface area (Å²) in [6.07, 6.45) is 0.378. The lowest BCUT2D eigenvalue weighted by molar-refractivity contribution is -0.141. The first-order valence-corrected chi connectivity index (χ1v) is 12.7. The third-order valence-corrected chi connectivity index (χ3v) is 7.73. The number of sulfonamides is 1. The first-order valence-electron chi connectivity index (χ1n) is 11.3. The summed E-state index contributed by atoms with van der Waals surface area (Å²) in [5, 5.41) is 4.31. The molecule has 0 fully saturated rings. The van der Waals surface area contributed by atoms with E-state index in [1.165, 1.54) is 25.1 Å². The fourth-order valence-electron chi connectivity index (χ4n) is 3.89. The van der Waals surface area contributed by atoms with Gasteiger partial charge in [-0.1, -0.05) is 49.4 Å². The van der Waals surface area contributed by atoms with Gasteiger partial charge in [-0.25, -0.2) is 8.42 Å². The van der Waals surface area contributed by atoms with Gasteiger partial charge in [0.15, 0.2) is 0 Å². The number of rotatable bonds is 10. The van der Waals surface area contributed by atoms with Crippen LogP contribution >= 0.6 is 0 Å². The number of ether oxygens (including phenoxy) is 1. The van der Waals surface area contributed by atoms with Crippen molar-refractivity contribution >= 4 is 32.6 Å². The Kier molecular flexibility index (Phi) is 8.48. The van der Waals surface area contributed by atoms with Crippen molar-refractivity contribution in [3.63, 3.8) is 0 Å². The average molecular weight is 498 g/mol. The highest BCUT2D eigenvalue weighted by atomic mass is 32.2. The Labute approximate surface area is 206 Å². The average Bonchev–Trinajstić information content (AvgIpc) is 2.88. The van der Waals surface area contributed by atoms with E-state index < -0.39 is 28.5 Å². The lowest BCUT2D eigenvalue weighted by atomic mass is 10.1. The number of likely N-dealkylation sites (N-methyl/N-ethyl adjacent to an activating group) is 2. The molecule has 1 unspecified atom stereocenters. The number of nitrogens with zero attached hydrogens (tertiary/aromatic N) is 2. The van der Waals surface area contributed by atoms with E-state index in [9.17, 15) is 18.0 Å². The smallest absolute Gasteiger partial charge is 0.243 e. The number of hydrogen-bond acceptors (Lipinski definition) is 5. The van der Waals surface area contributed by atoms with Crippen LogP contribution in [0.3, 0.4) is 0 Å². The topological polar surface area (TPSA) is 96.0 Å². The summed E-state index contributed by atoms with van der Waals surface area (Å²) in [5.41, 5.74) is 0.793. The third-order valence-electron chi connectivity index (χ3n) is 5.93. The van der Waals surface area contributed by atoms with Crippen LogP contribution in [0.15, 0.2) is 71.6 Å². The summed E-state index contributed by atoms with van der Waals surface area (Å²) in [6.45, 7) is 1.56.